The zero-order valence-corrected chi connectivity index (χ0v) is 10.8. The minimum atomic E-state index is -0.135. The summed E-state index contributed by atoms with van der Waals surface area (Å²) in [6.07, 6.45) is 3.18. The molecule has 0 saturated heterocycles. The Morgan fingerprint density at radius 3 is 2.67 bits per heavy atom. The van der Waals surface area contributed by atoms with Gasteiger partial charge in [0.25, 0.3) is 0 Å². The number of fused-ring (bicyclic) bond motifs is 1. The SMILES string of the molecule is O=C(c1ccncc1)c1cc2cc(Br)ccc2o1. The highest BCUT2D eigenvalue weighted by Gasteiger charge is 2.14. The van der Waals surface area contributed by atoms with Gasteiger partial charge >= 0.3 is 0 Å². The van der Waals surface area contributed by atoms with Crippen LogP contribution in [0, 0.1) is 0 Å². The lowest BCUT2D eigenvalue weighted by molar-refractivity contribution is 0.101. The van der Waals surface area contributed by atoms with Crippen molar-refractivity contribution in [2.24, 2.45) is 0 Å². The fourth-order valence-electron chi connectivity index (χ4n) is 1.77. The predicted molar refractivity (Wildman–Crippen MR) is 71.6 cm³/mol. The second-order valence-electron chi connectivity index (χ2n) is 3.86. The van der Waals surface area contributed by atoms with Crippen LogP contribution in [-0.2, 0) is 0 Å². The molecule has 4 heteroatoms. The minimum absolute atomic E-state index is 0.135. The van der Waals surface area contributed by atoms with E-state index in [4.69, 9.17) is 4.42 Å². The monoisotopic (exact) mass is 301 g/mol. The first-order valence-electron chi connectivity index (χ1n) is 5.38. The second-order valence-corrected chi connectivity index (χ2v) is 4.77. The first kappa shape index (κ1) is 11.2. The van der Waals surface area contributed by atoms with Crippen molar-refractivity contribution in [1.82, 2.24) is 4.98 Å². The van der Waals surface area contributed by atoms with E-state index in [1.54, 1.807) is 30.6 Å². The molecule has 2 heterocycles. The Balaban J connectivity index is 2.07. The van der Waals surface area contributed by atoms with Crippen molar-refractivity contribution in [3.05, 3.63) is 64.6 Å². The van der Waals surface area contributed by atoms with Crippen LogP contribution < -0.4 is 0 Å². The highest BCUT2D eigenvalue weighted by atomic mass is 79.9. The smallest absolute Gasteiger partial charge is 0.228 e. The summed E-state index contributed by atoms with van der Waals surface area (Å²) in [6, 6.07) is 10.7. The summed E-state index contributed by atoms with van der Waals surface area (Å²) >= 11 is 3.39. The molecule has 3 rings (SSSR count). The van der Waals surface area contributed by atoms with Gasteiger partial charge in [0.2, 0.25) is 5.78 Å². The fourth-order valence-corrected chi connectivity index (χ4v) is 2.15. The number of pyridine rings is 1. The zero-order valence-electron chi connectivity index (χ0n) is 9.26. The van der Waals surface area contributed by atoms with Gasteiger partial charge in [-0.2, -0.15) is 0 Å². The van der Waals surface area contributed by atoms with Crippen molar-refractivity contribution in [3.8, 4) is 0 Å². The normalized spacial score (nSPS) is 10.7. The van der Waals surface area contributed by atoms with Crippen molar-refractivity contribution in [1.29, 1.82) is 0 Å². The van der Waals surface area contributed by atoms with Crippen LogP contribution in [0.1, 0.15) is 16.1 Å². The summed E-state index contributed by atoms with van der Waals surface area (Å²) in [6.45, 7) is 0. The Labute approximate surface area is 112 Å². The van der Waals surface area contributed by atoms with Crippen molar-refractivity contribution < 1.29 is 9.21 Å². The first-order valence-corrected chi connectivity index (χ1v) is 6.17. The lowest BCUT2D eigenvalue weighted by atomic mass is 10.1. The van der Waals surface area contributed by atoms with E-state index in [1.807, 2.05) is 18.2 Å². The van der Waals surface area contributed by atoms with Crippen molar-refractivity contribution in [3.63, 3.8) is 0 Å². The third-order valence-corrected chi connectivity index (χ3v) is 3.14. The topological polar surface area (TPSA) is 43.1 Å². The second kappa shape index (κ2) is 4.38. The molecule has 0 radical (unpaired) electrons. The van der Waals surface area contributed by atoms with Gasteiger partial charge in [-0.1, -0.05) is 15.9 Å². The number of benzene rings is 1. The van der Waals surface area contributed by atoms with E-state index in [1.165, 1.54) is 0 Å². The summed E-state index contributed by atoms with van der Waals surface area (Å²) in [5, 5.41) is 0.904. The number of furan rings is 1. The number of carbonyl (C=O) groups excluding carboxylic acids is 1. The van der Waals surface area contributed by atoms with Crippen LogP contribution in [0.15, 0.2) is 57.7 Å². The summed E-state index contributed by atoms with van der Waals surface area (Å²) in [5.41, 5.74) is 1.28. The molecule has 18 heavy (non-hydrogen) atoms. The molecule has 3 aromatic rings. The van der Waals surface area contributed by atoms with Crippen LogP contribution >= 0.6 is 15.9 Å². The molecule has 3 nitrogen and oxygen atoms in total. The Hall–Kier alpha value is -1.94. The van der Waals surface area contributed by atoms with Gasteiger partial charge in [0.1, 0.15) is 5.58 Å². The van der Waals surface area contributed by atoms with E-state index >= 15 is 0 Å². The molecule has 0 aliphatic heterocycles. The fraction of sp³-hybridized carbons (Fsp3) is 0. The maximum absolute atomic E-state index is 12.2. The first-order chi connectivity index (χ1) is 8.74. The molecule has 0 aliphatic carbocycles. The Kier molecular flexibility index (Phi) is 2.72. The molecule has 2 aromatic heterocycles. The van der Waals surface area contributed by atoms with Crippen molar-refractivity contribution in [2.75, 3.05) is 0 Å². The quantitative estimate of drug-likeness (QED) is 0.676. The third-order valence-electron chi connectivity index (χ3n) is 2.64. The van der Waals surface area contributed by atoms with Gasteiger partial charge in [-0.3, -0.25) is 9.78 Å². The Morgan fingerprint density at radius 2 is 1.89 bits per heavy atom. The van der Waals surface area contributed by atoms with Crippen LogP contribution in [0.25, 0.3) is 11.0 Å². The number of nitrogens with zero attached hydrogens (tertiary/aromatic N) is 1. The van der Waals surface area contributed by atoms with Crippen LogP contribution in [0.5, 0.6) is 0 Å². The summed E-state index contributed by atoms with van der Waals surface area (Å²) in [4.78, 5) is 16.1. The summed E-state index contributed by atoms with van der Waals surface area (Å²) in [7, 11) is 0. The zero-order chi connectivity index (χ0) is 12.5. The minimum Gasteiger partial charge on any atom is -0.453 e. The van der Waals surface area contributed by atoms with Crippen LogP contribution in [-0.4, -0.2) is 10.8 Å². The predicted octanol–water partition coefficient (Wildman–Crippen LogP) is 3.82. The van der Waals surface area contributed by atoms with E-state index in [0.29, 0.717) is 16.9 Å². The molecule has 0 saturated carbocycles. The highest BCUT2D eigenvalue weighted by Crippen LogP contribution is 2.24. The van der Waals surface area contributed by atoms with Gasteiger partial charge < -0.3 is 4.42 Å². The van der Waals surface area contributed by atoms with Gasteiger partial charge in [0.15, 0.2) is 5.76 Å². The van der Waals surface area contributed by atoms with E-state index in [0.717, 1.165) is 9.86 Å². The number of hydrogen-bond acceptors (Lipinski definition) is 3. The highest BCUT2D eigenvalue weighted by molar-refractivity contribution is 9.10. The third kappa shape index (κ3) is 1.95. The number of rotatable bonds is 2. The Bertz CT molecular complexity index is 719. The average Bonchev–Trinajstić information content (AvgIpc) is 2.81. The largest absolute Gasteiger partial charge is 0.453 e. The van der Waals surface area contributed by atoms with Crippen LogP contribution in [0.4, 0.5) is 0 Å². The van der Waals surface area contributed by atoms with E-state index in [-0.39, 0.29) is 5.78 Å². The maximum Gasteiger partial charge on any atom is 0.228 e. The lowest BCUT2D eigenvalue weighted by Gasteiger charge is -1.95. The number of aromatic nitrogens is 1. The average molecular weight is 302 g/mol. The molecule has 0 fully saturated rings. The van der Waals surface area contributed by atoms with Gasteiger partial charge in [0, 0.05) is 27.8 Å². The standard InChI is InChI=1S/C14H8BrNO2/c15-11-1-2-12-10(7-11)8-13(18-12)14(17)9-3-5-16-6-4-9/h1-8H. The van der Waals surface area contributed by atoms with Crippen molar-refractivity contribution >= 4 is 32.7 Å². The van der Waals surface area contributed by atoms with Gasteiger partial charge in [-0.05, 0) is 36.4 Å². The molecule has 0 N–H and O–H groups in total. The molecule has 0 spiro atoms. The number of carbonyl (C=O) groups is 1. The number of ketones is 1. The molecule has 0 amide bonds. The van der Waals surface area contributed by atoms with Crippen LogP contribution in [0.3, 0.4) is 0 Å². The molecule has 0 bridgehead atoms. The summed E-state index contributed by atoms with van der Waals surface area (Å²) in [5.74, 6) is 0.207. The van der Waals surface area contributed by atoms with E-state index in [2.05, 4.69) is 20.9 Å². The van der Waals surface area contributed by atoms with Gasteiger partial charge in [0.05, 0.1) is 0 Å². The maximum atomic E-state index is 12.2. The number of halogens is 1. The molecule has 0 aliphatic rings. The molecule has 1 aromatic carbocycles. The summed E-state index contributed by atoms with van der Waals surface area (Å²) < 4.78 is 6.51. The molecule has 0 unspecified atom stereocenters. The molecular formula is C14H8BrNO2. The van der Waals surface area contributed by atoms with Crippen LogP contribution in [0.2, 0.25) is 0 Å². The van der Waals surface area contributed by atoms with E-state index < -0.39 is 0 Å². The van der Waals surface area contributed by atoms with Gasteiger partial charge in [-0.25, -0.2) is 0 Å². The lowest BCUT2D eigenvalue weighted by Crippen LogP contribution is -1.98. The Morgan fingerprint density at radius 1 is 1.11 bits per heavy atom. The molecule has 88 valence electrons. The molecular weight excluding hydrogens is 294 g/mol. The van der Waals surface area contributed by atoms with E-state index in [9.17, 15) is 4.79 Å². The molecule has 0 atom stereocenters. The number of hydrogen-bond donors (Lipinski definition) is 0. The van der Waals surface area contributed by atoms with Crippen molar-refractivity contribution in [2.45, 2.75) is 0 Å². The van der Waals surface area contributed by atoms with Gasteiger partial charge in [-0.15, -0.1) is 0 Å².